The molecule has 0 radical (unpaired) electrons. The van der Waals surface area contributed by atoms with Crippen LogP contribution in [0.3, 0.4) is 0 Å². The lowest BCUT2D eigenvalue weighted by Crippen LogP contribution is -2.59. The highest BCUT2D eigenvalue weighted by atomic mass is 19.1. The maximum atomic E-state index is 12.5. The minimum atomic E-state index is -0.246. The predicted octanol–water partition coefficient (Wildman–Crippen LogP) is 5.65. The Labute approximate surface area is 213 Å². The molecule has 2 aromatic heterocycles. The summed E-state index contributed by atoms with van der Waals surface area (Å²) in [5, 5.41) is 1.36. The van der Waals surface area contributed by atoms with Crippen LogP contribution in [0.25, 0.3) is 10.9 Å². The lowest BCUT2D eigenvalue weighted by molar-refractivity contribution is -0.0350. The molecule has 1 N–H and O–H groups in total. The van der Waals surface area contributed by atoms with E-state index in [0.717, 1.165) is 49.8 Å². The quantitative estimate of drug-likeness (QED) is 0.467. The van der Waals surface area contributed by atoms with Crippen molar-refractivity contribution in [1.82, 2.24) is 19.8 Å². The largest absolute Gasteiger partial charge is 0.487 e. The Bertz CT molecular complexity index is 1230. The normalized spacial score (nSPS) is 32.1. The Hall–Kier alpha value is -2.44. The number of aromatic nitrogens is 2. The zero-order valence-electron chi connectivity index (χ0n) is 21.3. The van der Waals surface area contributed by atoms with Gasteiger partial charge in [0.15, 0.2) is 0 Å². The number of likely N-dealkylation sites (tertiary alicyclic amines) is 1. The van der Waals surface area contributed by atoms with E-state index in [4.69, 9.17) is 9.72 Å². The van der Waals surface area contributed by atoms with Gasteiger partial charge in [0.2, 0.25) is 0 Å². The van der Waals surface area contributed by atoms with Crippen LogP contribution in [-0.4, -0.2) is 63.8 Å². The van der Waals surface area contributed by atoms with Crippen LogP contribution in [0.2, 0.25) is 0 Å². The summed E-state index contributed by atoms with van der Waals surface area (Å²) in [6, 6.07) is 13.7. The predicted molar refractivity (Wildman–Crippen MR) is 140 cm³/mol. The van der Waals surface area contributed by atoms with Crippen molar-refractivity contribution in [2.75, 3.05) is 26.3 Å². The third-order valence-electron chi connectivity index (χ3n) is 9.45. The van der Waals surface area contributed by atoms with Gasteiger partial charge in [-0.3, -0.25) is 19.2 Å². The number of para-hydroxylation sites is 1. The zero-order chi connectivity index (χ0) is 24.3. The first-order valence-corrected chi connectivity index (χ1v) is 13.9. The molecule has 2 aliphatic heterocycles. The van der Waals surface area contributed by atoms with Gasteiger partial charge < -0.3 is 9.72 Å². The number of rotatable bonds is 7. The minimum absolute atomic E-state index is 0.145. The fourth-order valence-electron chi connectivity index (χ4n) is 7.92. The molecule has 4 heterocycles. The molecule has 1 saturated heterocycles. The summed E-state index contributed by atoms with van der Waals surface area (Å²) < 4.78 is 18.8. The van der Waals surface area contributed by atoms with Gasteiger partial charge in [-0.25, -0.2) is 0 Å². The van der Waals surface area contributed by atoms with Crippen molar-refractivity contribution in [2.24, 2.45) is 5.92 Å². The van der Waals surface area contributed by atoms with E-state index in [1.54, 1.807) is 0 Å². The molecule has 1 aromatic carbocycles. The van der Waals surface area contributed by atoms with E-state index in [1.807, 2.05) is 6.20 Å². The van der Waals surface area contributed by atoms with Crippen molar-refractivity contribution in [1.29, 1.82) is 0 Å². The first kappa shape index (κ1) is 22.7. The summed E-state index contributed by atoms with van der Waals surface area (Å²) in [6.45, 7) is 4.85. The Balaban J connectivity index is 1.19. The monoisotopic (exact) mass is 488 g/mol. The summed E-state index contributed by atoms with van der Waals surface area (Å²) in [4.78, 5) is 14.0. The molecule has 5 nitrogen and oxygen atoms in total. The number of fused-ring (bicyclic) bond motifs is 4. The first-order valence-electron chi connectivity index (χ1n) is 13.9. The highest BCUT2D eigenvalue weighted by Gasteiger charge is 2.58. The van der Waals surface area contributed by atoms with Gasteiger partial charge in [-0.15, -0.1) is 0 Å². The molecule has 3 aromatic rings. The number of benzene rings is 1. The van der Waals surface area contributed by atoms with Gasteiger partial charge >= 0.3 is 0 Å². The molecule has 0 unspecified atom stereocenters. The Kier molecular flexibility index (Phi) is 5.58. The van der Waals surface area contributed by atoms with Crippen molar-refractivity contribution in [3.8, 4) is 5.75 Å². The van der Waals surface area contributed by atoms with Crippen LogP contribution < -0.4 is 4.74 Å². The molecule has 3 saturated carbocycles. The van der Waals surface area contributed by atoms with Crippen LogP contribution in [0.4, 0.5) is 4.39 Å². The fraction of sp³-hybridized carbons (Fsp3) is 0.567. The van der Waals surface area contributed by atoms with Gasteiger partial charge in [0.25, 0.3) is 0 Å². The molecule has 5 aliphatic rings. The van der Waals surface area contributed by atoms with Crippen LogP contribution in [0, 0.1) is 5.92 Å². The van der Waals surface area contributed by atoms with E-state index in [1.165, 1.54) is 47.8 Å². The number of alkyl halides is 1. The van der Waals surface area contributed by atoms with Crippen molar-refractivity contribution in [2.45, 2.75) is 75.6 Å². The molecule has 3 aliphatic carbocycles. The van der Waals surface area contributed by atoms with Crippen molar-refractivity contribution < 1.29 is 9.13 Å². The Morgan fingerprint density at radius 1 is 1.17 bits per heavy atom. The molecular formula is C30H37FN4O. The van der Waals surface area contributed by atoms with E-state index in [2.05, 4.69) is 58.1 Å². The smallest absolute Gasteiger partial charge is 0.138 e. The van der Waals surface area contributed by atoms with Gasteiger partial charge in [0, 0.05) is 47.8 Å². The zero-order valence-corrected chi connectivity index (χ0v) is 21.3. The molecule has 6 heteroatoms. The topological polar surface area (TPSA) is 44.4 Å². The number of nitrogens with one attached hydrogen (secondary N) is 1. The second kappa shape index (κ2) is 8.84. The van der Waals surface area contributed by atoms with Crippen LogP contribution >= 0.6 is 0 Å². The van der Waals surface area contributed by atoms with E-state index in [0.29, 0.717) is 18.0 Å². The maximum Gasteiger partial charge on any atom is 0.138 e. The van der Waals surface area contributed by atoms with Gasteiger partial charge in [-0.1, -0.05) is 18.2 Å². The first-order chi connectivity index (χ1) is 17.6. The third kappa shape index (κ3) is 3.67. The molecule has 8 rings (SSSR count). The maximum absolute atomic E-state index is 12.5. The van der Waals surface area contributed by atoms with Crippen LogP contribution in [0.15, 0.2) is 42.6 Å². The number of halogens is 1. The second-order valence-electron chi connectivity index (χ2n) is 11.8. The van der Waals surface area contributed by atoms with E-state index in [-0.39, 0.29) is 18.8 Å². The van der Waals surface area contributed by atoms with Gasteiger partial charge in [0.05, 0.1) is 24.6 Å². The van der Waals surface area contributed by atoms with Gasteiger partial charge in [-0.05, 0) is 81.5 Å². The van der Waals surface area contributed by atoms with Crippen molar-refractivity contribution >= 4 is 10.9 Å². The lowest BCUT2D eigenvalue weighted by atomic mass is 9.72. The summed E-state index contributed by atoms with van der Waals surface area (Å²) in [5.74, 6) is 1.76. The standard InChI is InChI=1S/C30H37FN4O/c1-20-15-25-24-5-2-3-6-26(24)33-28(25)29(35(20)30-11-9-21(16-30)17-30)27-8-7-22(18-32-27)36-23-10-14-34(19-23)13-4-12-31/h2-3,5-8,18,20-21,23,29,33H,4,9-17,19H2,1H3/t20-,21?,23+,29-,30?/m1/s1. The highest BCUT2D eigenvalue weighted by molar-refractivity contribution is 5.85. The molecule has 4 fully saturated rings. The molecule has 0 amide bonds. The Morgan fingerprint density at radius 2 is 2.06 bits per heavy atom. The molecular weight excluding hydrogens is 451 g/mol. The highest BCUT2D eigenvalue weighted by Crippen LogP contribution is 2.60. The molecule has 2 bridgehead atoms. The molecule has 0 spiro atoms. The van der Waals surface area contributed by atoms with Crippen molar-refractivity contribution in [3.63, 3.8) is 0 Å². The summed E-state index contributed by atoms with van der Waals surface area (Å²) in [7, 11) is 0. The molecule has 3 atom stereocenters. The molecule has 36 heavy (non-hydrogen) atoms. The van der Waals surface area contributed by atoms with Gasteiger partial charge in [-0.2, -0.15) is 0 Å². The van der Waals surface area contributed by atoms with E-state index >= 15 is 0 Å². The SMILES string of the molecule is C[C@@H]1Cc2c([nH]c3ccccc23)[C@@H](c2ccc(O[C@H]3CCN(CCCF)C3)cn2)N1C12CCC(C1)C2. The van der Waals surface area contributed by atoms with Gasteiger partial charge in [0.1, 0.15) is 11.9 Å². The van der Waals surface area contributed by atoms with Crippen LogP contribution in [0.5, 0.6) is 5.75 Å². The number of hydrogen-bond donors (Lipinski definition) is 1. The summed E-state index contributed by atoms with van der Waals surface area (Å²) >= 11 is 0. The average molecular weight is 489 g/mol. The summed E-state index contributed by atoms with van der Waals surface area (Å²) in [5.41, 5.74) is 5.47. The summed E-state index contributed by atoms with van der Waals surface area (Å²) in [6.07, 6.45) is 10.1. The van der Waals surface area contributed by atoms with E-state index in [9.17, 15) is 4.39 Å². The van der Waals surface area contributed by atoms with E-state index < -0.39 is 0 Å². The third-order valence-corrected chi connectivity index (χ3v) is 9.45. The Morgan fingerprint density at radius 3 is 2.83 bits per heavy atom. The average Bonchev–Trinajstić information content (AvgIpc) is 3.66. The number of pyridine rings is 1. The number of nitrogens with zero attached hydrogens (tertiary/aromatic N) is 3. The van der Waals surface area contributed by atoms with Crippen molar-refractivity contribution in [3.05, 3.63) is 59.5 Å². The number of ether oxygens (including phenoxy) is 1. The van der Waals surface area contributed by atoms with Crippen LogP contribution in [-0.2, 0) is 6.42 Å². The number of H-pyrrole nitrogens is 1. The second-order valence-corrected chi connectivity index (χ2v) is 11.8. The lowest BCUT2D eigenvalue weighted by Gasteiger charge is -2.55. The number of aromatic amines is 1. The molecule has 190 valence electrons. The fourth-order valence-corrected chi connectivity index (χ4v) is 7.92. The van der Waals surface area contributed by atoms with Crippen LogP contribution in [0.1, 0.15) is 68.4 Å². The number of hydrogen-bond acceptors (Lipinski definition) is 4. The minimum Gasteiger partial charge on any atom is -0.487 e.